The van der Waals surface area contributed by atoms with E-state index in [4.69, 9.17) is 9.26 Å². The Labute approximate surface area is 118 Å². The van der Waals surface area contributed by atoms with E-state index in [0.29, 0.717) is 6.04 Å². The van der Waals surface area contributed by atoms with Crippen molar-refractivity contribution in [2.45, 2.75) is 39.0 Å². The summed E-state index contributed by atoms with van der Waals surface area (Å²) in [5, 5.41) is 8.47. The minimum Gasteiger partial charge on any atom is -0.383 e. The molecule has 1 atom stereocenters. The van der Waals surface area contributed by atoms with Gasteiger partial charge < -0.3 is 9.26 Å². The number of aromatic nitrogens is 3. The highest BCUT2D eigenvalue weighted by molar-refractivity contribution is 5.07. The summed E-state index contributed by atoms with van der Waals surface area (Å²) in [6.45, 7) is 5.21. The van der Waals surface area contributed by atoms with Crippen LogP contribution in [0.2, 0.25) is 0 Å². The second kappa shape index (κ2) is 5.76. The average Bonchev–Trinajstić information content (AvgIpc) is 3.00. The lowest BCUT2D eigenvalue weighted by atomic mass is 10.1. The fourth-order valence-corrected chi connectivity index (χ4v) is 2.75. The first-order valence-corrected chi connectivity index (χ1v) is 6.92. The van der Waals surface area contributed by atoms with E-state index in [0.717, 1.165) is 44.1 Å². The summed E-state index contributed by atoms with van der Waals surface area (Å²) in [4.78, 5) is 2.39. The van der Waals surface area contributed by atoms with Gasteiger partial charge in [0.15, 0.2) is 0 Å². The number of methoxy groups -OCH3 is 1. The molecule has 1 aliphatic rings. The number of fused-ring (bicyclic) bond motifs is 1. The van der Waals surface area contributed by atoms with Crippen LogP contribution in [0.15, 0.2) is 22.9 Å². The van der Waals surface area contributed by atoms with Gasteiger partial charge >= 0.3 is 0 Å². The Morgan fingerprint density at radius 1 is 1.50 bits per heavy atom. The SMILES string of the molecule is COC[C@H]1CCn2nccc2CN1Cc1cc(C)on1. The van der Waals surface area contributed by atoms with Crippen molar-refractivity contribution in [1.82, 2.24) is 19.8 Å². The minimum atomic E-state index is 0.374. The first-order valence-electron chi connectivity index (χ1n) is 6.92. The van der Waals surface area contributed by atoms with Gasteiger partial charge in [-0.05, 0) is 19.4 Å². The van der Waals surface area contributed by atoms with Crippen LogP contribution in [-0.4, -0.2) is 39.6 Å². The molecule has 0 N–H and O–H groups in total. The standard InChI is InChI=1S/C14H20N4O2/c1-11-7-12(16-20-11)8-17-9-13-3-5-15-18(13)6-4-14(17)10-19-2/h3,5,7,14H,4,6,8-10H2,1-2H3/t14-/m1/s1. The van der Waals surface area contributed by atoms with E-state index in [-0.39, 0.29) is 0 Å². The van der Waals surface area contributed by atoms with Crippen molar-refractivity contribution in [1.29, 1.82) is 0 Å². The van der Waals surface area contributed by atoms with E-state index in [9.17, 15) is 0 Å². The molecule has 2 aromatic heterocycles. The maximum Gasteiger partial charge on any atom is 0.133 e. The highest BCUT2D eigenvalue weighted by Gasteiger charge is 2.25. The van der Waals surface area contributed by atoms with Crippen LogP contribution in [0.1, 0.15) is 23.6 Å². The second-order valence-electron chi connectivity index (χ2n) is 5.28. The molecule has 108 valence electrons. The molecule has 2 aromatic rings. The summed E-state index contributed by atoms with van der Waals surface area (Å²) < 4.78 is 12.6. The highest BCUT2D eigenvalue weighted by Crippen LogP contribution is 2.20. The molecule has 0 bridgehead atoms. The molecule has 6 nitrogen and oxygen atoms in total. The third kappa shape index (κ3) is 2.76. The van der Waals surface area contributed by atoms with Crippen LogP contribution in [0.25, 0.3) is 0 Å². The van der Waals surface area contributed by atoms with Gasteiger partial charge in [0.1, 0.15) is 5.76 Å². The largest absolute Gasteiger partial charge is 0.383 e. The van der Waals surface area contributed by atoms with Crippen molar-refractivity contribution in [2.75, 3.05) is 13.7 Å². The fraction of sp³-hybridized carbons (Fsp3) is 0.571. The number of hydrogen-bond donors (Lipinski definition) is 0. The van der Waals surface area contributed by atoms with E-state index < -0.39 is 0 Å². The minimum absolute atomic E-state index is 0.374. The van der Waals surface area contributed by atoms with Crippen LogP contribution < -0.4 is 0 Å². The van der Waals surface area contributed by atoms with Crippen LogP contribution in [-0.2, 0) is 24.4 Å². The normalized spacial score (nSPS) is 19.8. The summed E-state index contributed by atoms with van der Waals surface area (Å²) in [5.41, 5.74) is 2.21. The molecule has 0 spiro atoms. The van der Waals surface area contributed by atoms with Gasteiger partial charge in [-0.25, -0.2) is 0 Å². The van der Waals surface area contributed by atoms with E-state index in [1.165, 1.54) is 5.69 Å². The predicted molar refractivity (Wildman–Crippen MR) is 73.0 cm³/mol. The van der Waals surface area contributed by atoms with Crippen molar-refractivity contribution >= 4 is 0 Å². The molecule has 0 aromatic carbocycles. The molecular formula is C14H20N4O2. The molecule has 0 saturated heterocycles. The molecule has 20 heavy (non-hydrogen) atoms. The van der Waals surface area contributed by atoms with Crippen LogP contribution in [0.5, 0.6) is 0 Å². The summed E-state index contributed by atoms with van der Waals surface area (Å²) in [6.07, 6.45) is 2.89. The van der Waals surface area contributed by atoms with Crippen LogP contribution in [0.3, 0.4) is 0 Å². The molecule has 0 amide bonds. The number of aryl methyl sites for hydroxylation is 2. The lowest BCUT2D eigenvalue weighted by Gasteiger charge is -2.27. The number of hydrogen-bond acceptors (Lipinski definition) is 5. The van der Waals surface area contributed by atoms with Gasteiger partial charge in [-0.3, -0.25) is 9.58 Å². The highest BCUT2D eigenvalue weighted by atomic mass is 16.5. The Kier molecular flexibility index (Phi) is 3.84. The molecule has 6 heteroatoms. The van der Waals surface area contributed by atoms with E-state index >= 15 is 0 Å². The van der Waals surface area contributed by atoms with E-state index in [2.05, 4.69) is 25.9 Å². The topological polar surface area (TPSA) is 56.3 Å². The van der Waals surface area contributed by atoms with Crippen LogP contribution in [0, 0.1) is 6.92 Å². The summed E-state index contributed by atoms with van der Waals surface area (Å²) in [6, 6.07) is 4.45. The first kappa shape index (κ1) is 13.3. The summed E-state index contributed by atoms with van der Waals surface area (Å²) in [7, 11) is 1.75. The van der Waals surface area contributed by atoms with Crippen molar-refractivity contribution in [3.63, 3.8) is 0 Å². The van der Waals surface area contributed by atoms with Crippen molar-refractivity contribution in [3.05, 3.63) is 35.5 Å². The van der Waals surface area contributed by atoms with Gasteiger partial charge in [-0.2, -0.15) is 5.10 Å². The Morgan fingerprint density at radius 2 is 2.40 bits per heavy atom. The smallest absolute Gasteiger partial charge is 0.133 e. The number of rotatable bonds is 4. The van der Waals surface area contributed by atoms with Gasteiger partial charge in [0.25, 0.3) is 0 Å². The van der Waals surface area contributed by atoms with E-state index in [1.807, 2.05) is 19.2 Å². The first-order chi connectivity index (χ1) is 9.76. The van der Waals surface area contributed by atoms with E-state index in [1.54, 1.807) is 7.11 Å². The third-order valence-electron chi connectivity index (χ3n) is 3.76. The van der Waals surface area contributed by atoms with Gasteiger partial charge in [0, 0.05) is 45.0 Å². The Hall–Kier alpha value is -1.66. The van der Waals surface area contributed by atoms with Gasteiger partial charge in [-0.1, -0.05) is 5.16 Å². The predicted octanol–water partition coefficient (Wildman–Crippen LogP) is 1.60. The maximum absolute atomic E-state index is 5.37. The van der Waals surface area contributed by atoms with Crippen molar-refractivity contribution < 1.29 is 9.26 Å². The van der Waals surface area contributed by atoms with Crippen molar-refractivity contribution in [3.8, 4) is 0 Å². The fourth-order valence-electron chi connectivity index (χ4n) is 2.75. The monoisotopic (exact) mass is 276 g/mol. The van der Waals surface area contributed by atoms with Crippen LogP contribution in [0.4, 0.5) is 0 Å². The molecule has 1 aliphatic heterocycles. The maximum atomic E-state index is 5.37. The molecule has 0 radical (unpaired) electrons. The lowest BCUT2D eigenvalue weighted by Crippen LogP contribution is -2.36. The molecule has 0 saturated carbocycles. The molecule has 0 aliphatic carbocycles. The van der Waals surface area contributed by atoms with Gasteiger partial charge in [0.2, 0.25) is 0 Å². The summed E-state index contributed by atoms with van der Waals surface area (Å²) >= 11 is 0. The second-order valence-corrected chi connectivity index (χ2v) is 5.28. The Balaban J connectivity index is 1.79. The molecule has 0 fully saturated rings. The Morgan fingerprint density at radius 3 is 3.15 bits per heavy atom. The third-order valence-corrected chi connectivity index (χ3v) is 3.76. The molecule has 3 rings (SSSR count). The average molecular weight is 276 g/mol. The summed E-state index contributed by atoms with van der Waals surface area (Å²) in [5.74, 6) is 0.850. The molecule has 0 unspecified atom stereocenters. The van der Waals surface area contributed by atoms with Gasteiger partial charge in [0.05, 0.1) is 18.0 Å². The number of ether oxygens (including phenoxy) is 1. The molecule has 3 heterocycles. The zero-order valence-electron chi connectivity index (χ0n) is 12.0. The molecular weight excluding hydrogens is 256 g/mol. The van der Waals surface area contributed by atoms with Crippen LogP contribution >= 0.6 is 0 Å². The van der Waals surface area contributed by atoms with Gasteiger partial charge in [-0.15, -0.1) is 0 Å². The lowest BCUT2D eigenvalue weighted by molar-refractivity contribution is 0.0765. The zero-order valence-corrected chi connectivity index (χ0v) is 12.0. The quantitative estimate of drug-likeness (QED) is 0.849. The zero-order chi connectivity index (χ0) is 13.9. The Bertz CT molecular complexity index is 563. The number of nitrogens with zero attached hydrogens (tertiary/aromatic N) is 4. The van der Waals surface area contributed by atoms with Crippen molar-refractivity contribution in [2.24, 2.45) is 0 Å².